The summed E-state index contributed by atoms with van der Waals surface area (Å²) in [6, 6.07) is 6.09. The number of allylic oxidation sites excluding steroid dienone is 2. The number of alkyl halides is 3. The second-order valence-corrected chi connectivity index (χ2v) is 8.16. The molecule has 0 spiro atoms. The molecule has 0 aromatic heterocycles. The number of hydrogen-bond donors (Lipinski definition) is 2. The average Bonchev–Trinajstić information content (AvgIpc) is 3.53. The Morgan fingerprint density at radius 2 is 1.81 bits per heavy atom. The molecule has 0 bridgehead atoms. The van der Waals surface area contributed by atoms with E-state index in [1.807, 2.05) is 19.9 Å². The molecule has 2 aromatic carbocycles. The number of carbonyl (C=O) groups is 1. The van der Waals surface area contributed by atoms with Gasteiger partial charge in [-0.2, -0.15) is 13.2 Å². The number of phenols is 1. The molecule has 4 nitrogen and oxygen atoms in total. The minimum Gasteiger partial charge on any atom is -0.507 e. The Hall–Kier alpha value is -3.22. The molecular formula is C25H25F3O4. The number of carboxylic acids is 1. The molecule has 2 N–H and O–H groups in total. The molecule has 7 heteroatoms. The number of aromatic hydroxyl groups is 1. The SMILES string of the molecule is CC(C)=CCc1c(OCC2CC2)cc(C=Cc2ccc(C(F)(F)F)cc2)c(C(=O)O)c1O. The average molecular weight is 446 g/mol. The van der Waals surface area contributed by atoms with Gasteiger partial charge in [-0.05, 0) is 68.4 Å². The van der Waals surface area contributed by atoms with Crippen LogP contribution in [0, 0.1) is 5.92 Å². The fourth-order valence-corrected chi connectivity index (χ4v) is 3.15. The predicted octanol–water partition coefficient (Wildman–Crippen LogP) is 6.58. The van der Waals surface area contributed by atoms with Crippen molar-refractivity contribution in [2.75, 3.05) is 6.61 Å². The van der Waals surface area contributed by atoms with Crippen molar-refractivity contribution in [3.05, 3.63) is 69.8 Å². The number of ether oxygens (including phenoxy) is 1. The Morgan fingerprint density at radius 1 is 1.16 bits per heavy atom. The molecule has 0 heterocycles. The van der Waals surface area contributed by atoms with Crippen molar-refractivity contribution in [3.8, 4) is 11.5 Å². The molecule has 0 radical (unpaired) electrons. The van der Waals surface area contributed by atoms with E-state index in [-0.39, 0.29) is 16.9 Å². The van der Waals surface area contributed by atoms with Crippen molar-refractivity contribution in [3.63, 3.8) is 0 Å². The van der Waals surface area contributed by atoms with E-state index in [1.54, 1.807) is 6.07 Å². The quantitative estimate of drug-likeness (QED) is 0.355. The lowest BCUT2D eigenvalue weighted by Gasteiger charge is -2.16. The molecular weight excluding hydrogens is 421 g/mol. The standard InChI is InChI=1S/C25H25F3O4/c1-15(2)3-12-20-21(32-14-17-4-5-17)13-18(22(23(20)29)24(30)31)9-6-16-7-10-19(11-8-16)25(26,27)28/h3,6-11,13,17,29H,4-5,12,14H2,1-2H3,(H,30,31). The van der Waals surface area contributed by atoms with Gasteiger partial charge in [-0.1, -0.05) is 35.9 Å². The monoisotopic (exact) mass is 446 g/mol. The first-order valence-electron chi connectivity index (χ1n) is 10.3. The highest BCUT2D eigenvalue weighted by atomic mass is 19.4. The van der Waals surface area contributed by atoms with Gasteiger partial charge in [0, 0.05) is 5.56 Å². The number of rotatable bonds is 8. The van der Waals surface area contributed by atoms with Crippen LogP contribution < -0.4 is 4.74 Å². The van der Waals surface area contributed by atoms with Crippen LogP contribution >= 0.6 is 0 Å². The van der Waals surface area contributed by atoms with E-state index in [1.165, 1.54) is 24.3 Å². The minimum absolute atomic E-state index is 0.210. The maximum Gasteiger partial charge on any atom is 0.416 e. The Bertz CT molecular complexity index is 1040. The highest BCUT2D eigenvalue weighted by Gasteiger charge is 2.30. The van der Waals surface area contributed by atoms with Gasteiger partial charge in [0.15, 0.2) is 0 Å². The Kier molecular flexibility index (Phi) is 6.96. The second kappa shape index (κ2) is 9.51. The predicted molar refractivity (Wildman–Crippen MR) is 117 cm³/mol. The van der Waals surface area contributed by atoms with Gasteiger partial charge < -0.3 is 14.9 Å². The molecule has 0 amide bonds. The summed E-state index contributed by atoms with van der Waals surface area (Å²) in [5.74, 6) is -0.806. The molecule has 1 aliphatic carbocycles. The highest BCUT2D eigenvalue weighted by Crippen LogP contribution is 2.38. The van der Waals surface area contributed by atoms with Gasteiger partial charge in [0.1, 0.15) is 17.1 Å². The summed E-state index contributed by atoms with van der Waals surface area (Å²) >= 11 is 0. The number of benzene rings is 2. The van der Waals surface area contributed by atoms with Crippen LogP contribution in [0.3, 0.4) is 0 Å². The lowest BCUT2D eigenvalue weighted by atomic mass is 9.97. The van der Waals surface area contributed by atoms with Crippen LogP contribution in [0.2, 0.25) is 0 Å². The van der Waals surface area contributed by atoms with E-state index >= 15 is 0 Å². The largest absolute Gasteiger partial charge is 0.507 e. The van der Waals surface area contributed by atoms with E-state index in [9.17, 15) is 28.2 Å². The summed E-state index contributed by atoms with van der Waals surface area (Å²) in [5.41, 5.74) is 1.04. The van der Waals surface area contributed by atoms with Crippen molar-refractivity contribution < 1.29 is 32.9 Å². The first-order chi connectivity index (χ1) is 15.1. The first-order valence-corrected chi connectivity index (χ1v) is 10.3. The molecule has 0 unspecified atom stereocenters. The van der Waals surface area contributed by atoms with Crippen LogP contribution in [0.4, 0.5) is 13.2 Å². The van der Waals surface area contributed by atoms with Crippen molar-refractivity contribution in [1.82, 2.24) is 0 Å². The maximum absolute atomic E-state index is 12.8. The summed E-state index contributed by atoms with van der Waals surface area (Å²) in [5, 5.41) is 20.5. The zero-order chi connectivity index (χ0) is 23.5. The van der Waals surface area contributed by atoms with Gasteiger partial charge in [-0.25, -0.2) is 4.79 Å². The third kappa shape index (κ3) is 5.93. The number of aromatic carboxylic acids is 1. The van der Waals surface area contributed by atoms with Gasteiger partial charge in [0.25, 0.3) is 0 Å². The summed E-state index contributed by atoms with van der Waals surface area (Å²) in [7, 11) is 0. The Balaban J connectivity index is 2.00. The summed E-state index contributed by atoms with van der Waals surface area (Å²) < 4.78 is 44.2. The molecule has 32 heavy (non-hydrogen) atoms. The van der Waals surface area contributed by atoms with Gasteiger partial charge in [0.05, 0.1) is 12.2 Å². The van der Waals surface area contributed by atoms with E-state index in [0.717, 1.165) is 30.5 Å². The zero-order valence-corrected chi connectivity index (χ0v) is 17.9. The van der Waals surface area contributed by atoms with Crippen LogP contribution in [0.5, 0.6) is 11.5 Å². The topological polar surface area (TPSA) is 66.8 Å². The third-order valence-electron chi connectivity index (χ3n) is 5.19. The summed E-state index contributed by atoms with van der Waals surface area (Å²) in [6.45, 7) is 4.29. The molecule has 2 aromatic rings. The number of carboxylic acid groups (broad SMARTS) is 1. The van der Waals surface area contributed by atoms with Crippen molar-refractivity contribution in [2.45, 2.75) is 39.3 Å². The molecule has 0 atom stereocenters. The Morgan fingerprint density at radius 3 is 2.34 bits per heavy atom. The van der Waals surface area contributed by atoms with Gasteiger partial charge in [-0.15, -0.1) is 0 Å². The lowest BCUT2D eigenvalue weighted by molar-refractivity contribution is -0.137. The third-order valence-corrected chi connectivity index (χ3v) is 5.19. The van der Waals surface area contributed by atoms with Gasteiger partial charge in [-0.3, -0.25) is 0 Å². The summed E-state index contributed by atoms with van der Waals surface area (Å²) in [4.78, 5) is 11.9. The highest BCUT2D eigenvalue weighted by molar-refractivity contribution is 5.97. The second-order valence-electron chi connectivity index (χ2n) is 8.16. The molecule has 0 aliphatic heterocycles. The molecule has 1 saturated carbocycles. The lowest BCUT2D eigenvalue weighted by Crippen LogP contribution is -2.07. The fraction of sp³-hybridized carbons (Fsp3) is 0.320. The maximum atomic E-state index is 12.8. The molecule has 1 aliphatic rings. The van der Waals surface area contributed by atoms with Gasteiger partial charge >= 0.3 is 12.1 Å². The van der Waals surface area contributed by atoms with E-state index < -0.39 is 17.7 Å². The molecule has 0 saturated heterocycles. The summed E-state index contributed by atoms with van der Waals surface area (Å²) in [6.07, 6.45) is 2.87. The fourth-order valence-electron chi connectivity index (χ4n) is 3.15. The smallest absolute Gasteiger partial charge is 0.416 e. The minimum atomic E-state index is -4.43. The number of hydrogen-bond acceptors (Lipinski definition) is 3. The van der Waals surface area contributed by atoms with E-state index in [4.69, 9.17) is 4.74 Å². The molecule has 3 rings (SSSR count). The van der Waals surface area contributed by atoms with Crippen molar-refractivity contribution in [2.24, 2.45) is 5.92 Å². The molecule has 170 valence electrons. The van der Waals surface area contributed by atoms with E-state index in [2.05, 4.69) is 0 Å². The molecule has 1 fully saturated rings. The van der Waals surface area contributed by atoms with Crippen molar-refractivity contribution >= 4 is 18.1 Å². The van der Waals surface area contributed by atoms with Crippen LogP contribution in [-0.2, 0) is 12.6 Å². The zero-order valence-electron chi connectivity index (χ0n) is 17.9. The Labute approximate surface area is 184 Å². The van der Waals surface area contributed by atoms with Crippen LogP contribution in [0.25, 0.3) is 12.2 Å². The first kappa shape index (κ1) is 23.4. The number of halogens is 3. The van der Waals surface area contributed by atoms with Crippen LogP contribution in [0.15, 0.2) is 42.0 Å². The van der Waals surface area contributed by atoms with Crippen molar-refractivity contribution in [1.29, 1.82) is 0 Å². The normalized spacial score (nSPS) is 13.9. The van der Waals surface area contributed by atoms with Crippen LogP contribution in [-0.4, -0.2) is 22.8 Å². The van der Waals surface area contributed by atoms with Gasteiger partial charge in [0.2, 0.25) is 0 Å². The van der Waals surface area contributed by atoms with Crippen LogP contribution in [0.1, 0.15) is 59.3 Å². The van der Waals surface area contributed by atoms with E-state index in [0.29, 0.717) is 35.8 Å².